The van der Waals surface area contributed by atoms with Gasteiger partial charge < -0.3 is 19.5 Å². The van der Waals surface area contributed by atoms with Crippen LogP contribution < -0.4 is 4.74 Å². The van der Waals surface area contributed by atoms with Gasteiger partial charge in [-0.1, -0.05) is 58.9 Å². The first-order valence-electron chi connectivity index (χ1n) is 13.1. The molecule has 0 saturated carbocycles. The van der Waals surface area contributed by atoms with E-state index in [2.05, 4.69) is 32.0 Å². The first-order chi connectivity index (χ1) is 17.2. The quantitative estimate of drug-likeness (QED) is 0.406. The largest absolute Gasteiger partial charge is 0.488 e. The second-order valence-corrected chi connectivity index (χ2v) is 11.2. The molecule has 1 amide bonds. The number of likely N-dealkylation sites (N-methyl/N-ethyl adjacent to an activating group) is 1. The highest BCUT2D eigenvalue weighted by Gasteiger charge is 2.33. The summed E-state index contributed by atoms with van der Waals surface area (Å²) >= 11 is 0. The molecule has 0 aliphatic rings. The summed E-state index contributed by atoms with van der Waals surface area (Å²) < 4.78 is 10.9. The number of rotatable bonds is 10. The Labute approximate surface area is 223 Å². The number of methoxy groups -OCH3 is 1. The highest BCUT2D eigenvalue weighted by Crippen LogP contribution is 2.41. The molecule has 0 aliphatic heterocycles. The van der Waals surface area contributed by atoms with Crippen molar-refractivity contribution in [2.24, 2.45) is 5.41 Å². The summed E-state index contributed by atoms with van der Waals surface area (Å²) in [5, 5.41) is 10.6. The van der Waals surface area contributed by atoms with E-state index in [1.165, 1.54) is 17.6 Å². The van der Waals surface area contributed by atoms with E-state index in [9.17, 15) is 14.7 Å². The van der Waals surface area contributed by atoms with Gasteiger partial charge in [0.2, 0.25) is 0 Å². The summed E-state index contributed by atoms with van der Waals surface area (Å²) in [4.78, 5) is 25.9. The van der Waals surface area contributed by atoms with E-state index >= 15 is 0 Å². The molecule has 0 heterocycles. The predicted octanol–water partition coefficient (Wildman–Crippen LogP) is 5.83. The third-order valence-electron chi connectivity index (χ3n) is 7.53. The number of aryl methyl sites for hydroxylation is 2. The van der Waals surface area contributed by atoms with Crippen LogP contribution in [-0.2, 0) is 14.9 Å². The van der Waals surface area contributed by atoms with E-state index in [4.69, 9.17) is 9.47 Å². The van der Waals surface area contributed by atoms with Gasteiger partial charge in [0.1, 0.15) is 18.4 Å². The minimum Gasteiger partial charge on any atom is -0.488 e. The Morgan fingerprint density at radius 3 is 1.97 bits per heavy atom. The minimum atomic E-state index is -0.590. The molecule has 6 nitrogen and oxygen atoms in total. The zero-order valence-corrected chi connectivity index (χ0v) is 24.3. The van der Waals surface area contributed by atoms with Gasteiger partial charge in [0.25, 0.3) is 5.91 Å². The van der Waals surface area contributed by atoms with Gasteiger partial charge in [0.05, 0.1) is 13.2 Å². The van der Waals surface area contributed by atoms with Crippen LogP contribution in [0.1, 0.15) is 87.0 Å². The van der Waals surface area contributed by atoms with Crippen LogP contribution in [0.5, 0.6) is 5.75 Å². The number of esters is 1. The fourth-order valence-electron chi connectivity index (χ4n) is 5.02. The third kappa shape index (κ3) is 6.72. The van der Waals surface area contributed by atoms with Crippen molar-refractivity contribution in [3.8, 4) is 5.75 Å². The number of nitrogens with zero attached hydrogens (tertiary/aromatic N) is 1. The van der Waals surface area contributed by atoms with Crippen LogP contribution in [0, 0.1) is 19.3 Å². The number of aliphatic hydroxyl groups excluding tert-OH is 1. The SMILES string of the molecule is CCC(CC)(c1ccc(OC(C)C(O)C(C)(C)C)c(C)c1)c1ccc(C(=O)N(C)CC(=O)OC)c(C)c1. The maximum atomic E-state index is 13.0. The Kier molecular flexibility index (Phi) is 9.95. The molecule has 37 heavy (non-hydrogen) atoms. The first-order valence-corrected chi connectivity index (χ1v) is 13.1. The maximum absolute atomic E-state index is 13.0. The van der Waals surface area contributed by atoms with Crippen LogP contribution >= 0.6 is 0 Å². The minimum absolute atomic E-state index is 0.0938. The Morgan fingerprint density at radius 1 is 0.973 bits per heavy atom. The molecule has 6 heteroatoms. The highest BCUT2D eigenvalue weighted by atomic mass is 16.5. The summed E-state index contributed by atoms with van der Waals surface area (Å²) in [6.45, 7) is 16.2. The molecule has 2 rings (SSSR count). The summed E-state index contributed by atoms with van der Waals surface area (Å²) in [5.74, 6) is 0.106. The molecule has 2 aromatic carbocycles. The van der Waals surface area contributed by atoms with Gasteiger partial charge in [-0.05, 0) is 73.4 Å². The molecular formula is C31H45NO5. The van der Waals surface area contributed by atoms with Crippen LogP contribution in [0.3, 0.4) is 0 Å². The molecule has 2 unspecified atom stereocenters. The van der Waals surface area contributed by atoms with Crippen molar-refractivity contribution >= 4 is 11.9 Å². The van der Waals surface area contributed by atoms with Crippen LogP contribution in [0.15, 0.2) is 36.4 Å². The number of benzene rings is 2. The summed E-state index contributed by atoms with van der Waals surface area (Å²) in [6, 6.07) is 12.3. The Hall–Kier alpha value is -2.86. The fraction of sp³-hybridized carbons (Fsp3) is 0.548. The van der Waals surface area contributed by atoms with Gasteiger partial charge >= 0.3 is 5.97 Å². The van der Waals surface area contributed by atoms with E-state index in [1.807, 2.05) is 59.7 Å². The van der Waals surface area contributed by atoms with Crippen molar-refractivity contribution < 1.29 is 24.2 Å². The van der Waals surface area contributed by atoms with Gasteiger partial charge in [-0.2, -0.15) is 0 Å². The molecule has 2 aromatic rings. The molecule has 1 N–H and O–H groups in total. The molecule has 0 saturated heterocycles. The normalized spacial score (nSPS) is 13.6. The lowest BCUT2D eigenvalue weighted by Crippen LogP contribution is -2.39. The molecule has 0 aromatic heterocycles. The van der Waals surface area contributed by atoms with Crippen molar-refractivity contribution in [2.75, 3.05) is 20.7 Å². The van der Waals surface area contributed by atoms with Crippen LogP contribution in [0.4, 0.5) is 0 Å². The second kappa shape index (κ2) is 12.1. The van der Waals surface area contributed by atoms with Gasteiger partial charge in [-0.25, -0.2) is 0 Å². The first kappa shape index (κ1) is 30.4. The van der Waals surface area contributed by atoms with E-state index in [0.29, 0.717) is 5.56 Å². The van der Waals surface area contributed by atoms with Crippen molar-refractivity contribution in [1.82, 2.24) is 4.90 Å². The van der Waals surface area contributed by atoms with E-state index in [-0.39, 0.29) is 29.4 Å². The van der Waals surface area contributed by atoms with Crippen molar-refractivity contribution in [2.45, 2.75) is 85.9 Å². The molecule has 0 spiro atoms. The Balaban J connectivity index is 2.40. The van der Waals surface area contributed by atoms with Gasteiger partial charge in [-0.3, -0.25) is 9.59 Å². The van der Waals surface area contributed by atoms with Crippen LogP contribution in [0.2, 0.25) is 0 Å². The average molecular weight is 512 g/mol. The molecule has 0 radical (unpaired) electrons. The zero-order chi connectivity index (χ0) is 28.1. The lowest BCUT2D eigenvalue weighted by atomic mass is 9.70. The second-order valence-electron chi connectivity index (χ2n) is 11.2. The molecule has 0 bridgehead atoms. The van der Waals surface area contributed by atoms with Gasteiger partial charge in [-0.15, -0.1) is 0 Å². The number of hydrogen-bond donors (Lipinski definition) is 1. The van der Waals surface area contributed by atoms with Gasteiger partial charge in [0, 0.05) is 18.0 Å². The average Bonchev–Trinajstić information content (AvgIpc) is 2.85. The third-order valence-corrected chi connectivity index (χ3v) is 7.53. The number of hydrogen-bond acceptors (Lipinski definition) is 5. The number of amides is 1. The maximum Gasteiger partial charge on any atom is 0.325 e. The lowest BCUT2D eigenvalue weighted by Gasteiger charge is -2.35. The standard InChI is InChI=1S/C31H45NO5/c1-11-31(12-2,23-13-15-25(20(3)17-23)29(35)32(9)19-27(33)36-10)24-14-16-26(21(4)18-24)37-22(5)28(34)30(6,7)8/h13-18,22,28,34H,11-12,19H2,1-10H3. The predicted molar refractivity (Wildman–Crippen MR) is 148 cm³/mol. The Bertz CT molecular complexity index is 1100. The van der Waals surface area contributed by atoms with Gasteiger partial charge in [0.15, 0.2) is 0 Å². The number of ether oxygens (including phenoxy) is 2. The Morgan fingerprint density at radius 2 is 1.51 bits per heavy atom. The van der Waals surface area contributed by atoms with E-state index < -0.39 is 12.1 Å². The summed E-state index contributed by atoms with van der Waals surface area (Å²) in [6.07, 6.45) is 0.846. The smallest absolute Gasteiger partial charge is 0.325 e. The van der Waals surface area contributed by atoms with Crippen molar-refractivity contribution in [1.29, 1.82) is 0 Å². The van der Waals surface area contributed by atoms with Crippen molar-refractivity contribution in [3.05, 3.63) is 64.2 Å². The number of aliphatic hydroxyl groups is 1. The molecule has 2 atom stereocenters. The molecule has 204 valence electrons. The lowest BCUT2D eigenvalue weighted by molar-refractivity contribution is -0.141. The monoisotopic (exact) mass is 511 g/mol. The molecule has 0 fully saturated rings. The fourth-order valence-corrected chi connectivity index (χ4v) is 5.02. The highest BCUT2D eigenvalue weighted by molar-refractivity contribution is 5.97. The van der Waals surface area contributed by atoms with Crippen LogP contribution in [0.25, 0.3) is 0 Å². The zero-order valence-electron chi connectivity index (χ0n) is 24.3. The van der Waals surface area contributed by atoms with E-state index in [1.54, 1.807) is 7.05 Å². The van der Waals surface area contributed by atoms with Crippen LogP contribution in [-0.4, -0.2) is 54.8 Å². The number of carbonyl (C=O) groups is 2. The summed E-state index contributed by atoms with van der Waals surface area (Å²) in [7, 11) is 2.91. The molecule has 0 aliphatic carbocycles. The number of carbonyl (C=O) groups excluding carboxylic acids is 2. The summed E-state index contributed by atoms with van der Waals surface area (Å²) in [5.41, 5.74) is 4.29. The van der Waals surface area contributed by atoms with E-state index in [0.717, 1.165) is 35.3 Å². The topological polar surface area (TPSA) is 76.1 Å². The molecular weight excluding hydrogens is 466 g/mol. The van der Waals surface area contributed by atoms with Crippen molar-refractivity contribution in [3.63, 3.8) is 0 Å².